The molecule has 0 saturated heterocycles. The average molecular weight is 580 g/mol. The Kier molecular flexibility index (Phi) is 11.0. The van der Waals surface area contributed by atoms with Crippen LogP contribution in [-0.2, 0) is 19.0 Å². The Balaban J connectivity index is 1.77. The summed E-state index contributed by atoms with van der Waals surface area (Å²) in [6.07, 6.45) is 0.606. The fourth-order valence-corrected chi connectivity index (χ4v) is 4.41. The Hall–Kier alpha value is -3.11. The Morgan fingerprint density at radius 3 is 2.21 bits per heavy atom. The van der Waals surface area contributed by atoms with Gasteiger partial charge >= 0.3 is 6.09 Å². The number of nitrogens with one attached hydrogen (secondary N) is 1. The minimum Gasteiger partial charge on any atom is -0.447 e. The molecule has 202 valence electrons. The molecule has 0 radical (unpaired) electrons. The molecule has 3 aromatic carbocycles. The molecular formula is C27H28Cl2N2O6S. The summed E-state index contributed by atoms with van der Waals surface area (Å²) in [6, 6.07) is 22.7. The highest BCUT2D eigenvalue weighted by Gasteiger charge is 2.23. The first-order valence-corrected chi connectivity index (χ1v) is 14.3. The lowest BCUT2D eigenvalue weighted by molar-refractivity contribution is 0.0688. The van der Waals surface area contributed by atoms with E-state index in [9.17, 15) is 18.0 Å². The molecule has 0 aromatic heterocycles. The number of benzene rings is 3. The first kappa shape index (κ1) is 29.4. The minimum atomic E-state index is -3.65. The van der Waals surface area contributed by atoms with Crippen LogP contribution in [0, 0.1) is 0 Å². The summed E-state index contributed by atoms with van der Waals surface area (Å²) in [4.78, 5) is 27.2. The zero-order chi connectivity index (χ0) is 27.5. The van der Waals surface area contributed by atoms with Crippen LogP contribution in [0.3, 0.4) is 0 Å². The summed E-state index contributed by atoms with van der Waals surface area (Å²) in [6.45, 7) is 0.126. The van der Waals surface area contributed by atoms with Crippen LogP contribution in [0.1, 0.15) is 28.3 Å². The third-order valence-electron chi connectivity index (χ3n) is 5.54. The molecule has 0 aliphatic carbocycles. The van der Waals surface area contributed by atoms with Crippen molar-refractivity contribution in [1.29, 1.82) is 0 Å². The van der Waals surface area contributed by atoms with E-state index in [0.29, 0.717) is 21.3 Å². The van der Waals surface area contributed by atoms with Crippen molar-refractivity contribution in [2.75, 3.05) is 37.9 Å². The van der Waals surface area contributed by atoms with Gasteiger partial charge in [-0.3, -0.25) is 14.3 Å². The minimum absolute atomic E-state index is 0.0643. The second-order valence-electron chi connectivity index (χ2n) is 8.43. The van der Waals surface area contributed by atoms with Gasteiger partial charge in [0.05, 0.1) is 29.5 Å². The van der Waals surface area contributed by atoms with Gasteiger partial charge in [-0.2, -0.15) is 8.42 Å². The number of nitrogens with zero attached hydrogens (tertiary/aromatic N) is 1. The first-order valence-electron chi connectivity index (χ1n) is 11.7. The van der Waals surface area contributed by atoms with Crippen molar-refractivity contribution in [3.8, 4) is 0 Å². The highest BCUT2D eigenvalue weighted by Crippen LogP contribution is 2.29. The maximum Gasteiger partial charge on any atom is 0.411 e. The van der Waals surface area contributed by atoms with E-state index in [1.54, 1.807) is 77.7 Å². The predicted molar refractivity (Wildman–Crippen MR) is 148 cm³/mol. The van der Waals surface area contributed by atoms with Crippen molar-refractivity contribution in [2.24, 2.45) is 0 Å². The monoisotopic (exact) mass is 578 g/mol. The fourth-order valence-electron chi connectivity index (χ4n) is 3.70. The van der Waals surface area contributed by atoms with Crippen LogP contribution in [0.25, 0.3) is 0 Å². The highest BCUT2D eigenvalue weighted by atomic mass is 35.5. The fraction of sp³-hybridized carbons (Fsp3) is 0.259. The van der Waals surface area contributed by atoms with E-state index in [-0.39, 0.29) is 44.5 Å². The van der Waals surface area contributed by atoms with Crippen LogP contribution in [0.4, 0.5) is 10.5 Å². The summed E-state index contributed by atoms with van der Waals surface area (Å²) in [5.74, 6) is -0.621. The normalized spacial score (nSPS) is 12.0. The van der Waals surface area contributed by atoms with E-state index in [2.05, 4.69) is 5.32 Å². The molecule has 0 aliphatic rings. The second-order valence-corrected chi connectivity index (χ2v) is 10.9. The lowest BCUT2D eigenvalue weighted by Gasteiger charge is -2.28. The van der Waals surface area contributed by atoms with E-state index in [4.69, 9.17) is 32.1 Å². The number of hydrogen-bond donors (Lipinski definition) is 1. The van der Waals surface area contributed by atoms with Gasteiger partial charge in [-0.25, -0.2) is 4.79 Å². The van der Waals surface area contributed by atoms with Crippen molar-refractivity contribution in [2.45, 2.75) is 12.3 Å². The highest BCUT2D eigenvalue weighted by molar-refractivity contribution is 7.85. The van der Waals surface area contributed by atoms with E-state index in [1.165, 1.54) is 0 Å². The van der Waals surface area contributed by atoms with Crippen molar-refractivity contribution < 1.29 is 26.9 Å². The molecule has 0 spiro atoms. The SMILES string of the molecule is CS(=O)(=O)OCCC(CN(CCOC(=O)Nc1ccccc1)C(=O)c1ccccc1)c1ccc(Cl)c(Cl)c1. The number of halogens is 2. The topological polar surface area (TPSA) is 102 Å². The van der Waals surface area contributed by atoms with E-state index in [1.807, 2.05) is 6.07 Å². The average Bonchev–Trinajstić information content (AvgIpc) is 2.89. The van der Waals surface area contributed by atoms with Crippen molar-refractivity contribution >= 4 is 51.0 Å². The third kappa shape index (κ3) is 9.64. The third-order valence-corrected chi connectivity index (χ3v) is 6.88. The number of hydrogen-bond acceptors (Lipinski definition) is 6. The molecule has 0 fully saturated rings. The van der Waals surface area contributed by atoms with Crippen LogP contribution >= 0.6 is 23.2 Å². The molecule has 0 aliphatic heterocycles. The van der Waals surface area contributed by atoms with Crippen LogP contribution in [0.15, 0.2) is 78.9 Å². The quantitative estimate of drug-likeness (QED) is 0.271. The Labute approximate surface area is 232 Å². The number of amides is 2. The second kappa shape index (κ2) is 14.2. The Morgan fingerprint density at radius 1 is 0.921 bits per heavy atom. The van der Waals surface area contributed by atoms with Crippen molar-refractivity contribution in [1.82, 2.24) is 4.90 Å². The molecule has 1 atom stereocenters. The number of anilines is 1. The molecule has 11 heteroatoms. The maximum absolute atomic E-state index is 13.4. The molecule has 0 bridgehead atoms. The molecular weight excluding hydrogens is 551 g/mol. The number of carbonyl (C=O) groups excluding carboxylic acids is 2. The number of ether oxygens (including phenoxy) is 1. The van der Waals surface area contributed by atoms with Gasteiger partial charge in [0.1, 0.15) is 6.61 Å². The van der Waals surface area contributed by atoms with Gasteiger partial charge in [-0.1, -0.05) is 65.7 Å². The van der Waals surface area contributed by atoms with Gasteiger partial charge in [-0.05, 0) is 48.4 Å². The summed E-state index contributed by atoms with van der Waals surface area (Å²) in [5, 5.41) is 3.34. The molecule has 8 nitrogen and oxygen atoms in total. The molecule has 0 saturated carbocycles. The van der Waals surface area contributed by atoms with Crippen LogP contribution < -0.4 is 5.32 Å². The van der Waals surface area contributed by atoms with Crippen LogP contribution in [0.2, 0.25) is 10.0 Å². The van der Waals surface area contributed by atoms with E-state index >= 15 is 0 Å². The largest absolute Gasteiger partial charge is 0.447 e. The van der Waals surface area contributed by atoms with E-state index < -0.39 is 16.2 Å². The number of rotatable bonds is 12. The first-order chi connectivity index (χ1) is 18.1. The molecule has 1 unspecified atom stereocenters. The Morgan fingerprint density at radius 2 is 1.58 bits per heavy atom. The molecule has 0 heterocycles. The Bertz CT molecular complexity index is 1320. The maximum atomic E-state index is 13.4. The summed E-state index contributed by atoms with van der Waals surface area (Å²) < 4.78 is 33.3. The van der Waals surface area contributed by atoms with Gasteiger partial charge in [0.2, 0.25) is 0 Å². The lowest BCUT2D eigenvalue weighted by atomic mass is 9.95. The van der Waals surface area contributed by atoms with Crippen LogP contribution in [0.5, 0.6) is 0 Å². The van der Waals surface area contributed by atoms with Crippen LogP contribution in [-0.4, -0.2) is 57.9 Å². The lowest BCUT2D eigenvalue weighted by Crippen LogP contribution is -2.38. The zero-order valence-corrected chi connectivity index (χ0v) is 23.0. The standard InChI is InChI=1S/C27H28Cl2N2O6S/c1-38(34,35)37-16-14-22(21-12-13-24(28)25(29)18-21)19-31(26(32)20-8-4-2-5-9-20)15-17-36-27(33)30-23-10-6-3-7-11-23/h2-13,18,22H,14-17,19H2,1H3,(H,30,33). The van der Waals surface area contributed by atoms with Gasteiger partial charge in [0, 0.05) is 23.7 Å². The van der Waals surface area contributed by atoms with Gasteiger partial charge in [0.15, 0.2) is 0 Å². The zero-order valence-electron chi connectivity index (χ0n) is 20.7. The summed E-state index contributed by atoms with van der Waals surface area (Å²) in [7, 11) is -3.65. The molecule has 2 amide bonds. The predicted octanol–water partition coefficient (Wildman–Crippen LogP) is 5.83. The number of carbonyl (C=O) groups is 2. The summed E-state index contributed by atoms with van der Waals surface area (Å²) >= 11 is 12.3. The van der Waals surface area contributed by atoms with E-state index in [0.717, 1.165) is 11.8 Å². The van der Waals surface area contributed by atoms with Gasteiger partial charge in [0.25, 0.3) is 16.0 Å². The van der Waals surface area contributed by atoms with Crippen molar-refractivity contribution in [3.05, 3.63) is 100 Å². The molecule has 38 heavy (non-hydrogen) atoms. The molecule has 1 N–H and O–H groups in total. The van der Waals surface area contributed by atoms with Crippen molar-refractivity contribution in [3.63, 3.8) is 0 Å². The summed E-state index contributed by atoms with van der Waals surface area (Å²) in [5.41, 5.74) is 1.80. The van der Waals surface area contributed by atoms with Gasteiger partial charge in [-0.15, -0.1) is 0 Å². The molecule has 3 aromatic rings. The number of para-hydroxylation sites is 1. The molecule has 3 rings (SSSR count). The smallest absolute Gasteiger partial charge is 0.411 e. The van der Waals surface area contributed by atoms with Gasteiger partial charge < -0.3 is 9.64 Å².